The normalized spacial score (nSPS) is 18.3. The van der Waals surface area contributed by atoms with Gasteiger partial charge in [0.2, 0.25) is 5.91 Å². The fraction of sp³-hybridized carbons (Fsp3) is 0.300. The van der Waals surface area contributed by atoms with E-state index >= 15 is 0 Å². The first kappa shape index (κ1) is 19.1. The summed E-state index contributed by atoms with van der Waals surface area (Å²) in [6, 6.07) is 12.4. The van der Waals surface area contributed by atoms with Crippen molar-refractivity contribution in [1.82, 2.24) is 5.32 Å². The van der Waals surface area contributed by atoms with Crippen molar-refractivity contribution in [2.75, 3.05) is 16.9 Å². The van der Waals surface area contributed by atoms with Gasteiger partial charge in [-0.1, -0.05) is 12.1 Å². The molecule has 0 saturated heterocycles. The number of amides is 2. The van der Waals surface area contributed by atoms with E-state index in [0.29, 0.717) is 17.7 Å². The molecule has 0 spiro atoms. The van der Waals surface area contributed by atoms with Gasteiger partial charge in [-0.2, -0.15) is 0 Å². The Bertz CT molecular complexity index is 896. The minimum absolute atomic E-state index is 0.00823. The van der Waals surface area contributed by atoms with Crippen LogP contribution < -0.4 is 16.0 Å². The largest absolute Gasteiger partial charge is 0.380 e. The third-order valence-electron chi connectivity index (χ3n) is 4.51. The maximum absolute atomic E-state index is 12.6. The van der Waals surface area contributed by atoms with Crippen LogP contribution in [0.4, 0.5) is 11.4 Å². The van der Waals surface area contributed by atoms with E-state index in [1.54, 1.807) is 24.5 Å². The zero-order valence-corrected chi connectivity index (χ0v) is 16.4. The molecular weight excluding hydrogens is 362 g/mol. The molecule has 27 heavy (non-hydrogen) atoms. The van der Waals surface area contributed by atoms with E-state index in [1.807, 2.05) is 38.1 Å². The molecule has 2 amide bonds. The Morgan fingerprint density at radius 3 is 2.56 bits per heavy atom. The first-order valence-corrected chi connectivity index (χ1v) is 10.3. The highest BCUT2D eigenvalue weighted by atomic mass is 32.2. The van der Waals surface area contributed by atoms with Gasteiger partial charge in [0.15, 0.2) is 0 Å². The van der Waals surface area contributed by atoms with Gasteiger partial charge >= 0.3 is 0 Å². The molecule has 142 valence electrons. The number of fused-ring (bicyclic) bond motifs is 1. The average Bonchev–Trinajstić information content (AvgIpc) is 2.77. The van der Waals surface area contributed by atoms with Crippen molar-refractivity contribution in [2.24, 2.45) is 0 Å². The second-order valence-corrected chi connectivity index (χ2v) is 8.16. The zero-order valence-electron chi connectivity index (χ0n) is 15.5. The first-order chi connectivity index (χ1) is 12.8. The predicted octanol–water partition coefficient (Wildman–Crippen LogP) is 3.06. The maximum atomic E-state index is 12.6. The van der Waals surface area contributed by atoms with Gasteiger partial charge < -0.3 is 16.0 Å². The van der Waals surface area contributed by atoms with E-state index in [-0.39, 0.29) is 23.9 Å². The highest BCUT2D eigenvalue weighted by molar-refractivity contribution is 7.84. The zero-order chi connectivity index (χ0) is 19.6. The molecule has 1 heterocycles. The number of nitrogens with one attached hydrogen (secondary N) is 3. The molecule has 3 rings (SSSR count). The smallest absolute Gasteiger partial charge is 0.251 e. The lowest BCUT2D eigenvalue weighted by molar-refractivity contribution is -0.116. The van der Waals surface area contributed by atoms with Crippen molar-refractivity contribution < 1.29 is 13.8 Å². The van der Waals surface area contributed by atoms with Gasteiger partial charge in [-0.3, -0.25) is 13.8 Å². The summed E-state index contributed by atoms with van der Waals surface area (Å²) < 4.78 is 11.5. The van der Waals surface area contributed by atoms with Crippen molar-refractivity contribution in [3.63, 3.8) is 0 Å². The number of hydrogen-bond acceptors (Lipinski definition) is 4. The molecule has 2 aromatic carbocycles. The summed E-state index contributed by atoms with van der Waals surface area (Å²) in [5.74, 6) is -0.241. The molecular formula is C20H23N3O3S. The second kappa shape index (κ2) is 7.92. The highest BCUT2D eigenvalue weighted by Gasteiger charge is 2.19. The summed E-state index contributed by atoms with van der Waals surface area (Å²) in [5.41, 5.74) is 2.87. The molecule has 7 heteroatoms. The molecule has 2 aromatic rings. The summed E-state index contributed by atoms with van der Waals surface area (Å²) in [6.07, 6.45) is 2.02. The molecule has 3 N–H and O–H groups in total. The number of benzene rings is 2. The van der Waals surface area contributed by atoms with Crippen molar-refractivity contribution in [3.8, 4) is 0 Å². The Morgan fingerprint density at radius 1 is 1.19 bits per heavy atom. The standard InChI is InChI=1S/C20H23N3O3S/c1-12-10-19(24)23-17-9-6-15(11-18(17)21-12)20(25)22-13(2)14-4-7-16(8-5-14)27(3)26/h4-9,11-13,21H,10H2,1-3H3,(H,22,25)(H,23,24). The van der Waals surface area contributed by atoms with Gasteiger partial charge in [-0.15, -0.1) is 0 Å². The van der Waals surface area contributed by atoms with Crippen LogP contribution in [-0.2, 0) is 15.6 Å². The van der Waals surface area contributed by atoms with Gasteiger partial charge in [-0.25, -0.2) is 0 Å². The summed E-state index contributed by atoms with van der Waals surface area (Å²) in [7, 11) is -1.02. The SMILES string of the molecule is CC1CC(=O)Nc2ccc(C(=O)NC(C)c3ccc(S(C)=O)cc3)cc2N1. The molecule has 0 fully saturated rings. The predicted molar refractivity (Wildman–Crippen MR) is 107 cm³/mol. The van der Waals surface area contributed by atoms with Crippen molar-refractivity contribution in [3.05, 3.63) is 53.6 Å². The lowest BCUT2D eigenvalue weighted by Crippen LogP contribution is -2.26. The van der Waals surface area contributed by atoms with Crippen LogP contribution in [-0.4, -0.2) is 28.3 Å². The molecule has 6 nitrogen and oxygen atoms in total. The summed E-state index contributed by atoms with van der Waals surface area (Å²) >= 11 is 0. The van der Waals surface area contributed by atoms with Gasteiger partial charge in [-0.05, 0) is 49.7 Å². The Morgan fingerprint density at radius 2 is 1.89 bits per heavy atom. The van der Waals surface area contributed by atoms with E-state index in [1.165, 1.54) is 0 Å². The molecule has 0 aliphatic carbocycles. The number of carbonyl (C=O) groups excluding carboxylic acids is 2. The van der Waals surface area contributed by atoms with Crippen molar-refractivity contribution >= 4 is 34.0 Å². The molecule has 0 bridgehead atoms. The van der Waals surface area contributed by atoms with Crippen LogP contribution in [0.1, 0.15) is 42.2 Å². The molecule has 1 aliphatic rings. The van der Waals surface area contributed by atoms with E-state index in [2.05, 4.69) is 16.0 Å². The topological polar surface area (TPSA) is 87.3 Å². The van der Waals surface area contributed by atoms with Gasteiger partial charge in [0.05, 0.1) is 17.4 Å². The second-order valence-electron chi connectivity index (χ2n) is 6.78. The van der Waals surface area contributed by atoms with E-state index < -0.39 is 10.8 Å². The number of carbonyl (C=O) groups is 2. The minimum atomic E-state index is -1.02. The lowest BCUT2D eigenvalue weighted by atomic mass is 10.1. The van der Waals surface area contributed by atoms with Crippen LogP contribution in [0.15, 0.2) is 47.4 Å². The molecule has 3 atom stereocenters. The summed E-state index contributed by atoms with van der Waals surface area (Å²) in [6.45, 7) is 3.83. The van der Waals surface area contributed by atoms with Crippen LogP contribution in [0.2, 0.25) is 0 Å². The van der Waals surface area contributed by atoms with Crippen LogP contribution in [0.5, 0.6) is 0 Å². The average molecular weight is 385 g/mol. The fourth-order valence-electron chi connectivity index (χ4n) is 3.02. The maximum Gasteiger partial charge on any atom is 0.251 e. The van der Waals surface area contributed by atoms with Crippen molar-refractivity contribution in [1.29, 1.82) is 0 Å². The Hall–Kier alpha value is -2.67. The molecule has 0 radical (unpaired) electrons. The first-order valence-electron chi connectivity index (χ1n) is 8.78. The Balaban J connectivity index is 1.74. The highest BCUT2D eigenvalue weighted by Crippen LogP contribution is 2.27. The number of hydrogen-bond donors (Lipinski definition) is 3. The van der Waals surface area contributed by atoms with Crippen LogP contribution in [0.3, 0.4) is 0 Å². The van der Waals surface area contributed by atoms with Crippen molar-refractivity contribution in [2.45, 2.75) is 37.2 Å². The fourth-order valence-corrected chi connectivity index (χ4v) is 3.54. The quantitative estimate of drug-likeness (QED) is 0.755. The van der Waals surface area contributed by atoms with Crippen LogP contribution in [0.25, 0.3) is 0 Å². The Kier molecular flexibility index (Phi) is 5.60. The monoisotopic (exact) mass is 385 g/mol. The lowest BCUT2D eigenvalue weighted by Gasteiger charge is -2.16. The van der Waals surface area contributed by atoms with E-state index in [0.717, 1.165) is 16.1 Å². The van der Waals surface area contributed by atoms with Gasteiger partial charge in [0.1, 0.15) is 0 Å². The molecule has 0 saturated carbocycles. The molecule has 3 unspecified atom stereocenters. The summed E-state index contributed by atoms with van der Waals surface area (Å²) in [4.78, 5) is 25.2. The third kappa shape index (κ3) is 4.54. The minimum Gasteiger partial charge on any atom is -0.380 e. The molecule has 0 aromatic heterocycles. The van der Waals surface area contributed by atoms with Crippen LogP contribution in [0, 0.1) is 0 Å². The van der Waals surface area contributed by atoms with Gasteiger partial charge in [0.25, 0.3) is 5.91 Å². The van der Waals surface area contributed by atoms with E-state index in [9.17, 15) is 13.8 Å². The number of rotatable bonds is 4. The Labute approximate surface area is 161 Å². The van der Waals surface area contributed by atoms with E-state index in [4.69, 9.17) is 0 Å². The third-order valence-corrected chi connectivity index (χ3v) is 5.44. The van der Waals surface area contributed by atoms with Crippen LogP contribution >= 0.6 is 0 Å². The van der Waals surface area contributed by atoms with Gasteiger partial charge in [0, 0.05) is 40.0 Å². The number of anilines is 2. The molecule has 1 aliphatic heterocycles. The summed E-state index contributed by atoms with van der Waals surface area (Å²) in [5, 5.41) is 9.07.